The molecule has 1 aliphatic heterocycles. The normalized spacial score (nSPS) is 14.7. The van der Waals surface area contributed by atoms with E-state index in [1.807, 2.05) is 24.3 Å². The fourth-order valence-electron chi connectivity index (χ4n) is 3.34. The minimum absolute atomic E-state index is 0.365. The molecule has 0 unspecified atom stereocenters. The van der Waals surface area contributed by atoms with E-state index in [1.165, 1.54) is 25.5 Å². The van der Waals surface area contributed by atoms with Crippen LogP contribution in [0.2, 0.25) is 0 Å². The molecule has 140 valence electrons. The van der Waals surface area contributed by atoms with Crippen LogP contribution in [0.1, 0.15) is 36.0 Å². The molecule has 0 amide bonds. The van der Waals surface area contributed by atoms with Crippen LogP contribution in [0.15, 0.2) is 42.7 Å². The molecule has 27 heavy (non-hydrogen) atoms. The zero-order valence-electron chi connectivity index (χ0n) is 15.6. The summed E-state index contributed by atoms with van der Waals surface area (Å²) >= 11 is 0. The summed E-state index contributed by atoms with van der Waals surface area (Å²) < 4.78 is 0. The van der Waals surface area contributed by atoms with Crippen LogP contribution in [0.5, 0.6) is 0 Å². The number of hydrogen-bond acceptors (Lipinski definition) is 6. The van der Waals surface area contributed by atoms with Crippen LogP contribution in [-0.2, 0) is 0 Å². The SMILES string of the molecule is CN/C=C(\C=N)c1ccc(N)c(C(=N)c2ccnc(N3CCCCC3)c2)c1. The molecule has 0 spiro atoms. The topological polar surface area (TPSA) is 102 Å². The van der Waals surface area contributed by atoms with Gasteiger partial charge < -0.3 is 21.4 Å². The molecule has 1 aromatic carbocycles. The summed E-state index contributed by atoms with van der Waals surface area (Å²) in [6.07, 6.45) is 8.44. The van der Waals surface area contributed by atoms with Crippen LogP contribution in [0, 0.1) is 10.8 Å². The van der Waals surface area contributed by atoms with E-state index in [4.69, 9.17) is 16.6 Å². The molecule has 0 radical (unpaired) electrons. The lowest BCUT2D eigenvalue weighted by atomic mass is 9.97. The molecule has 0 saturated carbocycles. The van der Waals surface area contributed by atoms with Crippen molar-refractivity contribution in [1.29, 1.82) is 10.8 Å². The van der Waals surface area contributed by atoms with Crippen molar-refractivity contribution in [2.24, 2.45) is 0 Å². The van der Waals surface area contributed by atoms with Crippen molar-refractivity contribution in [2.75, 3.05) is 30.8 Å². The van der Waals surface area contributed by atoms with E-state index in [0.29, 0.717) is 17.0 Å². The minimum Gasteiger partial charge on any atom is -0.398 e. The first-order chi connectivity index (χ1) is 13.1. The van der Waals surface area contributed by atoms with Gasteiger partial charge in [0.25, 0.3) is 0 Å². The number of nitrogens with zero attached hydrogens (tertiary/aromatic N) is 2. The van der Waals surface area contributed by atoms with E-state index in [-0.39, 0.29) is 0 Å². The summed E-state index contributed by atoms with van der Waals surface area (Å²) in [4.78, 5) is 6.78. The highest BCUT2D eigenvalue weighted by Crippen LogP contribution is 2.24. The monoisotopic (exact) mass is 362 g/mol. The molecule has 2 aromatic rings. The quantitative estimate of drug-likeness (QED) is 0.468. The first kappa shape index (κ1) is 18.6. The average Bonchev–Trinajstić information content (AvgIpc) is 2.73. The zero-order chi connectivity index (χ0) is 19.2. The third-order valence-corrected chi connectivity index (χ3v) is 4.83. The molecule has 1 fully saturated rings. The summed E-state index contributed by atoms with van der Waals surface area (Å²) in [6.45, 7) is 2.03. The van der Waals surface area contributed by atoms with Crippen LogP contribution in [0.3, 0.4) is 0 Å². The van der Waals surface area contributed by atoms with E-state index >= 15 is 0 Å². The second-order valence-corrected chi connectivity index (χ2v) is 6.66. The van der Waals surface area contributed by atoms with Gasteiger partial charge in [-0.15, -0.1) is 0 Å². The molecule has 5 N–H and O–H groups in total. The maximum Gasteiger partial charge on any atom is 0.129 e. The first-order valence-corrected chi connectivity index (χ1v) is 9.22. The molecule has 0 atom stereocenters. The number of rotatable bonds is 6. The highest BCUT2D eigenvalue weighted by atomic mass is 15.2. The Bertz CT molecular complexity index is 865. The maximum absolute atomic E-state index is 8.70. The van der Waals surface area contributed by atoms with Crippen LogP contribution < -0.4 is 16.0 Å². The molecule has 0 aliphatic carbocycles. The van der Waals surface area contributed by atoms with Crippen molar-refractivity contribution in [2.45, 2.75) is 19.3 Å². The molecular weight excluding hydrogens is 336 g/mol. The van der Waals surface area contributed by atoms with Gasteiger partial charge in [-0.25, -0.2) is 4.98 Å². The van der Waals surface area contributed by atoms with Crippen molar-refractivity contribution >= 4 is 29.0 Å². The summed E-state index contributed by atoms with van der Waals surface area (Å²) in [7, 11) is 1.79. The number of pyridine rings is 1. The number of hydrogen-bond donors (Lipinski definition) is 4. The lowest BCUT2D eigenvalue weighted by Gasteiger charge is -2.28. The number of nitrogens with one attached hydrogen (secondary N) is 3. The molecule has 1 aromatic heterocycles. The zero-order valence-corrected chi connectivity index (χ0v) is 15.6. The van der Waals surface area contributed by atoms with Crippen molar-refractivity contribution < 1.29 is 0 Å². The maximum atomic E-state index is 8.70. The number of allylic oxidation sites excluding steroid dienone is 1. The fraction of sp³-hybridized carbons (Fsp3) is 0.286. The lowest BCUT2D eigenvalue weighted by molar-refractivity contribution is 0.573. The summed E-state index contributed by atoms with van der Waals surface area (Å²) in [6, 6.07) is 9.35. The van der Waals surface area contributed by atoms with Crippen molar-refractivity contribution in [3.05, 3.63) is 59.4 Å². The predicted octanol–water partition coefficient (Wildman–Crippen LogP) is 3.28. The van der Waals surface area contributed by atoms with Gasteiger partial charge >= 0.3 is 0 Å². The van der Waals surface area contributed by atoms with Crippen molar-refractivity contribution in [3.63, 3.8) is 0 Å². The molecule has 0 bridgehead atoms. The van der Waals surface area contributed by atoms with Gasteiger partial charge in [-0.05, 0) is 49.1 Å². The summed E-state index contributed by atoms with van der Waals surface area (Å²) in [5, 5.41) is 19.3. The van der Waals surface area contributed by atoms with Gasteiger partial charge in [-0.2, -0.15) is 0 Å². The third kappa shape index (κ3) is 4.16. The Morgan fingerprint density at radius 1 is 1.15 bits per heavy atom. The highest BCUT2D eigenvalue weighted by molar-refractivity contribution is 6.15. The number of benzene rings is 1. The first-order valence-electron chi connectivity index (χ1n) is 9.22. The van der Waals surface area contributed by atoms with Gasteiger partial charge in [0.05, 0.1) is 5.71 Å². The molecule has 3 rings (SSSR count). The van der Waals surface area contributed by atoms with E-state index in [9.17, 15) is 0 Å². The lowest BCUT2D eigenvalue weighted by Crippen LogP contribution is -2.30. The van der Waals surface area contributed by atoms with E-state index < -0.39 is 0 Å². The standard InChI is InChI=1S/C21H26N6/c1-25-14-17(13-22)15-5-6-19(23)18(11-15)21(24)16-7-8-26-20(12-16)27-9-3-2-4-10-27/h5-8,11-14,22,24-25H,2-4,9-10,23H2,1H3/b17-14+,22-13?,24-21?. The summed E-state index contributed by atoms with van der Waals surface area (Å²) in [5.41, 5.74) is 10.1. The number of nitrogens with two attached hydrogens (primary N) is 1. The average molecular weight is 362 g/mol. The van der Waals surface area contributed by atoms with Gasteiger partial charge in [-0.1, -0.05) is 6.07 Å². The van der Waals surface area contributed by atoms with Crippen LogP contribution in [0.25, 0.3) is 5.57 Å². The third-order valence-electron chi connectivity index (χ3n) is 4.83. The second kappa shape index (κ2) is 8.49. The van der Waals surface area contributed by atoms with Crippen LogP contribution in [0.4, 0.5) is 11.5 Å². The summed E-state index contributed by atoms with van der Waals surface area (Å²) in [5.74, 6) is 0.918. The van der Waals surface area contributed by atoms with E-state index in [0.717, 1.165) is 35.6 Å². The van der Waals surface area contributed by atoms with Gasteiger partial charge in [0.1, 0.15) is 5.82 Å². The van der Waals surface area contributed by atoms with Crippen molar-refractivity contribution in [3.8, 4) is 0 Å². The Balaban J connectivity index is 1.93. The van der Waals surface area contributed by atoms with Gasteiger partial charge in [0.2, 0.25) is 0 Å². The molecular formula is C21H26N6. The van der Waals surface area contributed by atoms with Gasteiger partial charge in [-0.3, -0.25) is 5.41 Å². The number of aromatic nitrogens is 1. The molecule has 1 aliphatic rings. The largest absolute Gasteiger partial charge is 0.398 e. The van der Waals surface area contributed by atoms with E-state index in [1.54, 1.807) is 25.5 Å². The Labute approximate surface area is 160 Å². The van der Waals surface area contributed by atoms with Crippen LogP contribution in [-0.4, -0.2) is 37.0 Å². The number of piperidine rings is 1. The molecule has 6 nitrogen and oxygen atoms in total. The Kier molecular flexibility index (Phi) is 5.86. The Hall–Kier alpha value is -3.15. The Morgan fingerprint density at radius 2 is 1.93 bits per heavy atom. The predicted molar refractivity (Wildman–Crippen MR) is 113 cm³/mol. The van der Waals surface area contributed by atoms with Crippen molar-refractivity contribution in [1.82, 2.24) is 10.3 Å². The molecule has 2 heterocycles. The number of nitrogen functional groups attached to an aromatic ring is 1. The van der Waals surface area contributed by atoms with Crippen LogP contribution >= 0.6 is 0 Å². The minimum atomic E-state index is 0.365. The fourth-order valence-corrected chi connectivity index (χ4v) is 3.34. The van der Waals surface area contributed by atoms with Gasteiger partial charge in [0.15, 0.2) is 0 Å². The Morgan fingerprint density at radius 3 is 2.63 bits per heavy atom. The molecule has 6 heteroatoms. The number of anilines is 2. The molecule has 1 saturated heterocycles. The second-order valence-electron chi connectivity index (χ2n) is 6.66. The van der Waals surface area contributed by atoms with Gasteiger partial charge in [0, 0.05) is 61.1 Å². The smallest absolute Gasteiger partial charge is 0.129 e. The highest BCUT2D eigenvalue weighted by Gasteiger charge is 2.15. The van der Waals surface area contributed by atoms with E-state index in [2.05, 4.69) is 15.2 Å².